The minimum Gasteiger partial charge on any atom is -0.176 e. The second-order valence-corrected chi connectivity index (χ2v) is 3.76. The number of rotatable bonds is 2. The minimum absolute atomic E-state index is 0.625. The van der Waals surface area contributed by atoms with Gasteiger partial charge in [-0.2, -0.15) is 12.6 Å². The van der Waals surface area contributed by atoms with Gasteiger partial charge in [0, 0.05) is 0 Å². The molecule has 1 aliphatic rings. The van der Waals surface area contributed by atoms with Crippen molar-refractivity contribution < 1.29 is 0 Å². The summed E-state index contributed by atoms with van der Waals surface area (Å²) in [5.74, 6) is 1.03. The summed E-state index contributed by atoms with van der Waals surface area (Å²) >= 11 is 4.33. The Labute approximate surface area is 57.1 Å². The van der Waals surface area contributed by atoms with E-state index in [9.17, 15) is 0 Å². The van der Waals surface area contributed by atoms with Crippen LogP contribution >= 0.6 is 12.6 Å². The molecule has 0 bridgehead atoms. The molecule has 1 fully saturated rings. The fraction of sp³-hybridized carbons (Fsp3) is 1.00. The zero-order valence-corrected chi connectivity index (χ0v) is 6.32. The SMILES string of the molecule is CC(S)CC1CCC1. The highest BCUT2D eigenvalue weighted by Gasteiger charge is 2.17. The first kappa shape index (κ1) is 6.47. The van der Waals surface area contributed by atoms with Crippen molar-refractivity contribution in [1.29, 1.82) is 0 Å². The van der Waals surface area contributed by atoms with Gasteiger partial charge in [-0.1, -0.05) is 26.2 Å². The van der Waals surface area contributed by atoms with E-state index in [1.54, 1.807) is 0 Å². The Kier molecular flexibility index (Phi) is 2.24. The molecule has 8 heavy (non-hydrogen) atoms. The smallest absolute Gasteiger partial charge is 0.000895 e. The molecule has 0 radical (unpaired) electrons. The van der Waals surface area contributed by atoms with Crippen LogP contribution in [0.5, 0.6) is 0 Å². The van der Waals surface area contributed by atoms with Gasteiger partial charge < -0.3 is 0 Å². The van der Waals surface area contributed by atoms with E-state index in [1.165, 1.54) is 25.7 Å². The Morgan fingerprint density at radius 1 is 1.62 bits per heavy atom. The minimum atomic E-state index is 0.625. The lowest BCUT2D eigenvalue weighted by atomic mass is 9.82. The zero-order valence-electron chi connectivity index (χ0n) is 5.43. The van der Waals surface area contributed by atoms with E-state index >= 15 is 0 Å². The van der Waals surface area contributed by atoms with Gasteiger partial charge in [0.2, 0.25) is 0 Å². The van der Waals surface area contributed by atoms with Gasteiger partial charge in [-0.25, -0.2) is 0 Å². The van der Waals surface area contributed by atoms with Gasteiger partial charge in [0.1, 0.15) is 0 Å². The summed E-state index contributed by atoms with van der Waals surface area (Å²) in [5.41, 5.74) is 0. The highest BCUT2D eigenvalue weighted by Crippen LogP contribution is 2.31. The number of thiol groups is 1. The molecule has 0 spiro atoms. The van der Waals surface area contributed by atoms with E-state index in [2.05, 4.69) is 19.6 Å². The van der Waals surface area contributed by atoms with Gasteiger partial charge in [-0.05, 0) is 17.6 Å². The van der Waals surface area contributed by atoms with Crippen LogP contribution in [0.25, 0.3) is 0 Å². The van der Waals surface area contributed by atoms with E-state index in [-0.39, 0.29) is 0 Å². The van der Waals surface area contributed by atoms with E-state index < -0.39 is 0 Å². The van der Waals surface area contributed by atoms with Gasteiger partial charge in [0.15, 0.2) is 0 Å². The van der Waals surface area contributed by atoms with Crippen molar-refractivity contribution in [3.05, 3.63) is 0 Å². The molecule has 0 aromatic heterocycles. The van der Waals surface area contributed by atoms with Crippen LogP contribution in [0, 0.1) is 5.92 Å². The van der Waals surface area contributed by atoms with Crippen LogP contribution in [0.3, 0.4) is 0 Å². The van der Waals surface area contributed by atoms with Crippen LogP contribution < -0.4 is 0 Å². The average Bonchev–Trinajstić information content (AvgIpc) is 1.55. The average molecular weight is 130 g/mol. The van der Waals surface area contributed by atoms with Crippen LogP contribution in [0.2, 0.25) is 0 Å². The van der Waals surface area contributed by atoms with Crippen molar-refractivity contribution in [2.75, 3.05) is 0 Å². The number of hydrogen-bond acceptors (Lipinski definition) is 1. The van der Waals surface area contributed by atoms with E-state index in [0.717, 1.165) is 5.92 Å². The third kappa shape index (κ3) is 1.70. The van der Waals surface area contributed by atoms with Gasteiger partial charge in [0.05, 0.1) is 0 Å². The van der Waals surface area contributed by atoms with Crippen molar-refractivity contribution in [3.63, 3.8) is 0 Å². The lowest BCUT2D eigenvalue weighted by Gasteiger charge is -2.26. The Hall–Kier alpha value is 0.350. The molecule has 0 aliphatic heterocycles. The first-order valence-corrected chi connectivity index (χ1v) is 3.98. The zero-order chi connectivity index (χ0) is 5.98. The summed E-state index contributed by atoms with van der Waals surface area (Å²) in [4.78, 5) is 0. The first-order valence-electron chi connectivity index (χ1n) is 3.47. The van der Waals surface area contributed by atoms with Crippen molar-refractivity contribution in [2.45, 2.75) is 37.9 Å². The molecule has 0 N–H and O–H groups in total. The molecule has 1 saturated carbocycles. The fourth-order valence-electron chi connectivity index (χ4n) is 1.21. The molecule has 1 unspecified atom stereocenters. The molecule has 1 aliphatic carbocycles. The first-order chi connectivity index (χ1) is 3.79. The molecular formula is C7H14S. The molecular weight excluding hydrogens is 116 g/mol. The van der Waals surface area contributed by atoms with Crippen molar-refractivity contribution in [1.82, 2.24) is 0 Å². The number of hydrogen-bond donors (Lipinski definition) is 1. The molecule has 0 aromatic rings. The topological polar surface area (TPSA) is 0 Å². The maximum Gasteiger partial charge on any atom is -0.000895 e. The third-order valence-corrected chi connectivity index (χ3v) is 2.11. The summed E-state index contributed by atoms with van der Waals surface area (Å²) in [6.45, 7) is 2.18. The quantitative estimate of drug-likeness (QED) is 0.545. The van der Waals surface area contributed by atoms with Crippen molar-refractivity contribution in [2.24, 2.45) is 5.92 Å². The largest absolute Gasteiger partial charge is 0.176 e. The van der Waals surface area contributed by atoms with Crippen LogP contribution in [0.1, 0.15) is 32.6 Å². The summed E-state index contributed by atoms with van der Waals surface area (Å²) in [5, 5.41) is 0.625. The molecule has 1 heteroatoms. The monoisotopic (exact) mass is 130 g/mol. The van der Waals surface area contributed by atoms with E-state index in [4.69, 9.17) is 0 Å². The lowest BCUT2D eigenvalue weighted by Crippen LogP contribution is -2.14. The molecule has 0 aromatic carbocycles. The van der Waals surface area contributed by atoms with Crippen molar-refractivity contribution in [3.8, 4) is 0 Å². The Balaban J connectivity index is 2.01. The highest BCUT2D eigenvalue weighted by molar-refractivity contribution is 7.80. The fourth-order valence-corrected chi connectivity index (χ4v) is 1.51. The molecule has 0 amide bonds. The maximum absolute atomic E-state index is 4.33. The summed E-state index contributed by atoms with van der Waals surface area (Å²) in [6, 6.07) is 0. The van der Waals surface area contributed by atoms with Gasteiger partial charge >= 0.3 is 0 Å². The Bertz CT molecular complexity index is 64.8. The molecule has 1 atom stereocenters. The van der Waals surface area contributed by atoms with Crippen LogP contribution in [-0.2, 0) is 0 Å². The second kappa shape index (κ2) is 2.77. The predicted molar refractivity (Wildman–Crippen MR) is 40.4 cm³/mol. The Morgan fingerprint density at radius 3 is 2.38 bits per heavy atom. The summed E-state index contributed by atoms with van der Waals surface area (Å²) in [6.07, 6.45) is 5.73. The van der Waals surface area contributed by atoms with Crippen LogP contribution in [-0.4, -0.2) is 5.25 Å². The standard InChI is InChI=1S/C7H14S/c1-6(8)5-7-3-2-4-7/h6-8H,2-5H2,1H3. The van der Waals surface area contributed by atoms with Crippen LogP contribution in [0.4, 0.5) is 0 Å². The highest BCUT2D eigenvalue weighted by atomic mass is 32.1. The van der Waals surface area contributed by atoms with Gasteiger partial charge in [-0.3, -0.25) is 0 Å². The molecule has 48 valence electrons. The van der Waals surface area contributed by atoms with Crippen molar-refractivity contribution >= 4 is 12.6 Å². The lowest BCUT2D eigenvalue weighted by molar-refractivity contribution is 0.297. The van der Waals surface area contributed by atoms with Gasteiger partial charge in [0.25, 0.3) is 0 Å². The molecule has 1 rings (SSSR count). The maximum atomic E-state index is 4.33. The Morgan fingerprint density at radius 2 is 2.25 bits per heavy atom. The molecule has 0 saturated heterocycles. The van der Waals surface area contributed by atoms with Crippen LogP contribution in [0.15, 0.2) is 0 Å². The predicted octanol–water partition coefficient (Wildman–Crippen LogP) is 2.49. The van der Waals surface area contributed by atoms with E-state index in [0.29, 0.717) is 5.25 Å². The van der Waals surface area contributed by atoms with Gasteiger partial charge in [-0.15, -0.1) is 0 Å². The molecule has 0 heterocycles. The van der Waals surface area contributed by atoms with E-state index in [1.807, 2.05) is 0 Å². The third-order valence-electron chi connectivity index (χ3n) is 1.90. The normalized spacial score (nSPS) is 24.8. The summed E-state index contributed by atoms with van der Waals surface area (Å²) in [7, 11) is 0. The second-order valence-electron chi connectivity index (χ2n) is 2.88. The summed E-state index contributed by atoms with van der Waals surface area (Å²) < 4.78 is 0. The molecule has 0 nitrogen and oxygen atoms in total.